The van der Waals surface area contributed by atoms with Crippen molar-refractivity contribution >= 4 is 17.2 Å². The van der Waals surface area contributed by atoms with Gasteiger partial charge in [0.25, 0.3) is 5.56 Å². The molecule has 3 rings (SSSR count). The van der Waals surface area contributed by atoms with Crippen molar-refractivity contribution in [1.82, 2.24) is 14.3 Å². The zero-order chi connectivity index (χ0) is 15.0. The summed E-state index contributed by atoms with van der Waals surface area (Å²) in [6.07, 6.45) is 2.64. The lowest BCUT2D eigenvalue weighted by Crippen LogP contribution is -2.35. The Morgan fingerprint density at radius 2 is 2.29 bits per heavy atom. The maximum atomic E-state index is 12.1. The summed E-state index contributed by atoms with van der Waals surface area (Å²) >= 11 is 5.90. The van der Waals surface area contributed by atoms with Crippen molar-refractivity contribution in [3.05, 3.63) is 45.5 Å². The lowest BCUT2D eigenvalue weighted by molar-refractivity contribution is 0.133. The molecular formula is C15H18ClN3O2. The van der Waals surface area contributed by atoms with E-state index in [1.807, 2.05) is 0 Å². The molecule has 0 aromatic carbocycles. The molecule has 0 bridgehead atoms. The molecule has 6 heteroatoms. The predicted octanol–water partition coefficient (Wildman–Crippen LogP) is 1.55. The number of likely N-dealkylation sites (tertiary alicyclic amines) is 1. The smallest absolute Gasteiger partial charge is 0.258 e. The van der Waals surface area contributed by atoms with Crippen molar-refractivity contribution in [1.29, 1.82) is 0 Å². The molecule has 3 heterocycles. The molecule has 0 amide bonds. The molecule has 0 saturated carbocycles. The van der Waals surface area contributed by atoms with Crippen LogP contribution in [-0.4, -0.2) is 38.6 Å². The zero-order valence-corrected chi connectivity index (χ0v) is 12.6. The van der Waals surface area contributed by atoms with Gasteiger partial charge in [0.15, 0.2) is 0 Å². The van der Waals surface area contributed by atoms with Crippen molar-refractivity contribution in [3.63, 3.8) is 0 Å². The Morgan fingerprint density at radius 1 is 1.48 bits per heavy atom. The van der Waals surface area contributed by atoms with Gasteiger partial charge < -0.3 is 5.11 Å². The second-order valence-electron chi connectivity index (χ2n) is 5.65. The first-order valence-corrected chi connectivity index (χ1v) is 7.49. The number of hydrogen-bond acceptors (Lipinski definition) is 4. The fourth-order valence-electron chi connectivity index (χ4n) is 2.99. The molecule has 21 heavy (non-hydrogen) atoms. The molecule has 0 radical (unpaired) electrons. The van der Waals surface area contributed by atoms with Crippen LogP contribution < -0.4 is 5.56 Å². The van der Waals surface area contributed by atoms with Gasteiger partial charge in [0.2, 0.25) is 0 Å². The molecular weight excluding hydrogens is 290 g/mol. The number of fused-ring (bicyclic) bond motifs is 1. The highest BCUT2D eigenvalue weighted by Gasteiger charge is 2.30. The molecule has 1 N–H and O–H groups in total. The van der Waals surface area contributed by atoms with Crippen LogP contribution in [0.5, 0.6) is 0 Å². The Hall–Kier alpha value is -1.43. The molecule has 1 fully saturated rings. The molecule has 112 valence electrons. The third kappa shape index (κ3) is 2.81. The number of nitrogens with zero attached hydrogens (tertiary/aromatic N) is 3. The molecule has 1 saturated heterocycles. The van der Waals surface area contributed by atoms with Crippen molar-refractivity contribution < 1.29 is 5.11 Å². The van der Waals surface area contributed by atoms with E-state index >= 15 is 0 Å². The van der Waals surface area contributed by atoms with Crippen LogP contribution in [0.2, 0.25) is 5.02 Å². The van der Waals surface area contributed by atoms with Crippen LogP contribution in [0.1, 0.15) is 19.0 Å². The third-order valence-electron chi connectivity index (χ3n) is 4.23. The van der Waals surface area contributed by atoms with Crippen LogP contribution in [0, 0.1) is 5.92 Å². The van der Waals surface area contributed by atoms with E-state index < -0.39 is 0 Å². The molecule has 2 aromatic heterocycles. The van der Waals surface area contributed by atoms with E-state index in [4.69, 9.17) is 11.6 Å². The van der Waals surface area contributed by atoms with Gasteiger partial charge >= 0.3 is 0 Å². The van der Waals surface area contributed by atoms with E-state index in [0.29, 0.717) is 23.1 Å². The van der Waals surface area contributed by atoms with E-state index in [0.717, 1.165) is 18.7 Å². The predicted molar refractivity (Wildman–Crippen MR) is 81.5 cm³/mol. The van der Waals surface area contributed by atoms with Gasteiger partial charge in [0.05, 0.1) is 17.3 Å². The second-order valence-corrected chi connectivity index (χ2v) is 6.08. The summed E-state index contributed by atoms with van der Waals surface area (Å²) in [5.74, 6) is 0.468. The fraction of sp³-hybridized carbons (Fsp3) is 0.467. The summed E-state index contributed by atoms with van der Waals surface area (Å²) in [6.45, 7) is 3.80. The monoisotopic (exact) mass is 307 g/mol. The lowest BCUT2D eigenvalue weighted by atomic mass is 10.0. The first kappa shape index (κ1) is 14.5. The number of aromatic nitrogens is 2. The normalized spacial score (nSPS) is 23.0. The van der Waals surface area contributed by atoms with Crippen LogP contribution in [0.15, 0.2) is 29.2 Å². The minimum atomic E-state index is -0.134. The van der Waals surface area contributed by atoms with E-state index in [2.05, 4.69) is 16.8 Å². The molecule has 2 unspecified atom stereocenters. The van der Waals surface area contributed by atoms with Gasteiger partial charge in [-0.1, -0.05) is 18.5 Å². The zero-order valence-electron chi connectivity index (χ0n) is 11.9. The maximum Gasteiger partial charge on any atom is 0.258 e. The quantitative estimate of drug-likeness (QED) is 0.935. The van der Waals surface area contributed by atoms with Gasteiger partial charge in [-0.25, -0.2) is 4.98 Å². The summed E-state index contributed by atoms with van der Waals surface area (Å²) in [6, 6.07) is 5.15. The topological polar surface area (TPSA) is 57.8 Å². The first-order valence-electron chi connectivity index (χ1n) is 7.11. The summed E-state index contributed by atoms with van der Waals surface area (Å²) in [5.41, 5.74) is 1.19. The van der Waals surface area contributed by atoms with Crippen LogP contribution in [-0.2, 0) is 6.54 Å². The van der Waals surface area contributed by atoms with Crippen LogP contribution in [0.25, 0.3) is 5.65 Å². The van der Waals surface area contributed by atoms with Crippen LogP contribution in [0.4, 0.5) is 0 Å². The third-order valence-corrected chi connectivity index (χ3v) is 4.45. The average Bonchev–Trinajstić information content (AvgIpc) is 2.80. The highest BCUT2D eigenvalue weighted by molar-refractivity contribution is 6.30. The first-order chi connectivity index (χ1) is 10.1. The van der Waals surface area contributed by atoms with Crippen LogP contribution >= 0.6 is 11.6 Å². The Morgan fingerprint density at radius 3 is 3.05 bits per heavy atom. The molecule has 1 aliphatic heterocycles. The Labute approximate surface area is 127 Å². The average molecular weight is 308 g/mol. The van der Waals surface area contributed by atoms with Crippen molar-refractivity contribution in [2.45, 2.75) is 25.9 Å². The van der Waals surface area contributed by atoms with E-state index in [-0.39, 0.29) is 18.2 Å². The summed E-state index contributed by atoms with van der Waals surface area (Å²) < 4.78 is 1.45. The van der Waals surface area contributed by atoms with Gasteiger partial charge in [-0.2, -0.15) is 0 Å². The van der Waals surface area contributed by atoms with E-state index in [9.17, 15) is 9.90 Å². The van der Waals surface area contributed by atoms with E-state index in [1.54, 1.807) is 24.4 Å². The van der Waals surface area contributed by atoms with Gasteiger partial charge in [0.1, 0.15) is 5.65 Å². The number of aliphatic hydroxyl groups excluding tert-OH is 1. The van der Waals surface area contributed by atoms with Gasteiger partial charge in [0, 0.05) is 24.8 Å². The number of hydrogen-bond donors (Lipinski definition) is 1. The minimum Gasteiger partial charge on any atom is -0.395 e. The Balaban J connectivity index is 1.91. The number of pyridine rings is 1. The molecule has 0 spiro atoms. The molecule has 0 aliphatic carbocycles. The van der Waals surface area contributed by atoms with Gasteiger partial charge in [-0.3, -0.25) is 14.1 Å². The largest absolute Gasteiger partial charge is 0.395 e. The molecule has 1 aliphatic rings. The molecule has 5 nitrogen and oxygen atoms in total. The summed E-state index contributed by atoms with van der Waals surface area (Å²) in [4.78, 5) is 18.8. The van der Waals surface area contributed by atoms with Crippen molar-refractivity contribution in [3.8, 4) is 0 Å². The highest BCUT2D eigenvalue weighted by atomic mass is 35.5. The number of aliphatic hydroxyl groups is 1. The number of halogens is 1. The van der Waals surface area contributed by atoms with Gasteiger partial charge in [-0.15, -0.1) is 0 Å². The second kappa shape index (κ2) is 5.75. The standard InChI is InChI=1S/C15H18ClN3O2/c1-10-4-5-18(13(10)9-20)8-12-6-15(21)19-7-11(16)2-3-14(19)17-12/h2-3,6-7,10,13,20H,4-5,8-9H2,1H3. The SMILES string of the molecule is CC1CCN(Cc2cc(=O)n3cc(Cl)ccc3n2)C1CO. The van der Waals surface area contributed by atoms with Crippen molar-refractivity contribution in [2.24, 2.45) is 5.92 Å². The lowest BCUT2D eigenvalue weighted by Gasteiger charge is -2.24. The van der Waals surface area contributed by atoms with Crippen LogP contribution in [0.3, 0.4) is 0 Å². The van der Waals surface area contributed by atoms with E-state index in [1.165, 1.54) is 4.40 Å². The van der Waals surface area contributed by atoms with Gasteiger partial charge in [-0.05, 0) is 31.0 Å². The number of rotatable bonds is 3. The summed E-state index contributed by atoms with van der Waals surface area (Å²) in [7, 11) is 0. The van der Waals surface area contributed by atoms with Crippen molar-refractivity contribution in [2.75, 3.05) is 13.2 Å². The molecule has 2 atom stereocenters. The Bertz CT molecular complexity index is 716. The molecule has 2 aromatic rings. The maximum absolute atomic E-state index is 12.1. The fourth-order valence-corrected chi connectivity index (χ4v) is 3.16. The Kier molecular flexibility index (Phi) is 3.97. The highest BCUT2D eigenvalue weighted by Crippen LogP contribution is 2.24. The minimum absolute atomic E-state index is 0.134. The summed E-state index contributed by atoms with van der Waals surface area (Å²) in [5, 5.41) is 10.0.